The van der Waals surface area contributed by atoms with Gasteiger partial charge in [-0.1, -0.05) is 0 Å². The molecule has 2 N–H and O–H groups in total. The van der Waals surface area contributed by atoms with Gasteiger partial charge in [-0.15, -0.1) is 0 Å². The molecular weight excluding hydrogens is 355 g/mol. The summed E-state index contributed by atoms with van der Waals surface area (Å²) in [5, 5.41) is 16.6. The zero-order valence-electron chi connectivity index (χ0n) is 14.3. The third-order valence-electron chi connectivity index (χ3n) is 4.37. The number of aryl methyl sites for hydroxylation is 1. The Morgan fingerprint density at radius 3 is 3.00 bits per heavy atom. The minimum Gasteiger partial charge on any atom is -0.489 e. The number of carbonyl (C=O) groups is 2. The number of hydrogen-bond donors (Lipinski definition) is 2. The molecule has 8 nitrogen and oxygen atoms in total. The lowest BCUT2D eigenvalue weighted by Crippen LogP contribution is -2.18. The summed E-state index contributed by atoms with van der Waals surface area (Å²) in [5.41, 5.74) is 2.21. The van der Waals surface area contributed by atoms with Crippen molar-refractivity contribution in [3.05, 3.63) is 41.0 Å². The number of benzene rings is 1. The largest absolute Gasteiger partial charge is 0.489 e. The van der Waals surface area contributed by atoms with Gasteiger partial charge in [0.2, 0.25) is 0 Å². The van der Waals surface area contributed by atoms with E-state index in [4.69, 9.17) is 4.74 Å². The van der Waals surface area contributed by atoms with Crippen LogP contribution in [-0.2, 0) is 11.2 Å². The second kappa shape index (κ2) is 6.35. The molecule has 3 heterocycles. The standard InChI is InChI=1S/C18H15FN4O4/c1-9-11(6-17(25)26)18(23-16(21-9)4-10(8-24)22-23)12-5-14-15(7-13(12)19)27-3-2-20-14/h4-5,7-8,20H,2-3,6H2,1H3,(H,25,26). The van der Waals surface area contributed by atoms with E-state index in [0.717, 1.165) is 0 Å². The number of halogens is 1. The predicted molar refractivity (Wildman–Crippen MR) is 93.8 cm³/mol. The normalized spacial score (nSPS) is 13.0. The van der Waals surface area contributed by atoms with Crippen LogP contribution in [0.3, 0.4) is 0 Å². The average molecular weight is 370 g/mol. The van der Waals surface area contributed by atoms with Crippen LogP contribution in [0.25, 0.3) is 16.9 Å². The van der Waals surface area contributed by atoms with Crippen molar-refractivity contribution in [3.8, 4) is 17.0 Å². The van der Waals surface area contributed by atoms with Crippen molar-refractivity contribution in [1.29, 1.82) is 0 Å². The number of aldehydes is 1. The molecule has 0 aliphatic carbocycles. The Balaban J connectivity index is 2.05. The van der Waals surface area contributed by atoms with Crippen LogP contribution >= 0.6 is 0 Å². The molecule has 0 unspecified atom stereocenters. The highest BCUT2D eigenvalue weighted by Gasteiger charge is 2.23. The molecule has 0 saturated heterocycles. The van der Waals surface area contributed by atoms with Crippen LogP contribution in [0.1, 0.15) is 21.7 Å². The second-order valence-corrected chi connectivity index (χ2v) is 6.16. The third-order valence-corrected chi connectivity index (χ3v) is 4.37. The Labute approximate surface area is 152 Å². The van der Waals surface area contributed by atoms with Crippen molar-refractivity contribution in [1.82, 2.24) is 14.6 Å². The van der Waals surface area contributed by atoms with E-state index < -0.39 is 11.8 Å². The number of rotatable bonds is 4. The number of ether oxygens (including phenoxy) is 1. The highest BCUT2D eigenvalue weighted by atomic mass is 19.1. The van der Waals surface area contributed by atoms with Gasteiger partial charge < -0.3 is 15.2 Å². The van der Waals surface area contributed by atoms with E-state index in [9.17, 15) is 19.1 Å². The molecule has 2 aromatic heterocycles. The van der Waals surface area contributed by atoms with Gasteiger partial charge in [0.25, 0.3) is 0 Å². The second-order valence-electron chi connectivity index (χ2n) is 6.16. The molecule has 9 heteroatoms. The molecule has 0 atom stereocenters. The number of anilines is 1. The summed E-state index contributed by atoms with van der Waals surface area (Å²) < 4.78 is 21.7. The molecule has 1 aromatic carbocycles. The number of carboxylic acids is 1. The van der Waals surface area contributed by atoms with Gasteiger partial charge in [0.05, 0.1) is 17.8 Å². The molecular formula is C18H15FN4O4. The zero-order chi connectivity index (χ0) is 19.1. The average Bonchev–Trinajstić information content (AvgIpc) is 3.04. The highest BCUT2D eigenvalue weighted by molar-refractivity contribution is 5.81. The molecule has 3 aromatic rings. The summed E-state index contributed by atoms with van der Waals surface area (Å²) in [7, 11) is 0. The van der Waals surface area contributed by atoms with E-state index in [1.54, 1.807) is 13.0 Å². The maximum atomic E-state index is 14.9. The Kier molecular flexibility index (Phi) is 3.98. The van der Waals surface area contributed by atoms with Crippen LogP contribution in [0.4, 0.5) is 10.1 Å². The van der Waals surface area contributed by atoms with Crippen LogP contribution in [0, 0.1) is 12.7 Å². The minimum atomic E-state index is -1.08. The van der Waals surface area contributed by atoms with Gasteiger partial charge in [-0.05, 0) is 13.0 Å². The smallest absolute Gasteiger partial charge is 0.307 e. The first kappa shape index (κ1) is 17.0. The SMILES string of the molecule is Cc1nc2cc(C=O)nn2c(-c2cc3c(cc2F)OCCN3)c1CC(=O)O. The first-order valence-corrected chi connectivity index (χ1v) is 8.24. The van der Waals surface area contributed by atoms with Crippen LogP contribution < -0.4 is 10.1 Å². The lowest BCUT2D eigenvalue weighted by atomic mass is 10.00. The van der Waals surface area contributed by atoms with Crippen molar-refractivity contribution < 1.29 is 23.8 Å². The molecule has 4 rings (SSSR count). The Hall–Kier alpha value is -3.49. The maximum Gasteiger partial charge on any atom is 0.307 e. The summed E-state index contributed by atoms with van der Waals surface area (Å²) >= 11 is 0. The molecule has 0 bridgehead atoms. The summed E-state index contributed by atoms with van der Waals surface area (Å²) in [6.07, 6.45) is 0.199. The van der Waals surface area contributed by atoms with E-state index in [0.29, 0.717) is 47.8 Å². The molecule has 0 radical (unpaired) electrons. The van der Waals surface area contributed by atoms with Crippen molar-refractivity contribution in [2.75, 3.05) is 18.5 Å². The van der Waals surface area contributed by atoms with Crippen molar-refractivity contribution in [2.45, 2.75) is 13.3 Å². The number of hydrogen-bond acceptors (Lipinski definition) is 6. The molecule has 0 fully saturated rings. The minimum absolute atomic E-state index is 0.121. The molecule has 0 amide bonds. The Morgan fingerprint density at radius 2 is 2.26 bits per heavy atom. The number of nitrogens with one attached hydrogen (secondary N) is 1. The van der Waals surface area contributed by atoms with Crippen LogP contribution in [0.5, 0.6) is 5.75 Å². The van der Waals surface area contributed by atoms with E-state index >= 15 is 0 Å². The maximum absolute atomic E-state index is 14.9. The first-order valence-electron chi connectivity index (χ1n) is 8.24. The predicted octanol–water partition coefficient (Wildman–Crippen LogP) is 2.09. The van der Waals surface area contributed by atoms with Gasteiger partial charge in [0.1, 0.15) is 23.9 Å². The molecule has 1 aliphatic rings. The number of aromatic nitrogens is 3. The van der Waals surface area contributed by atoms with Crippen LogP contribution in [-0.4, -0.2) is 45.1 Å². The quantitative estimate of drug-likeness (QED) is 0.677. The molecule has 138 valence electrons. The van der Waals surface area contributed by atoms with Gasteiger partial charge in [0, 0.05) is 35.5 Å². The first-order chi connectivity index (χ1) is 13.0. The van der Waals surface area contributed by atoms with E-state index in [2.05, 4.69) is 15.4 Å². The van der Waals surface area contributed by atoms with Gasteiger partial charge in [0.15, 0.2) is 11.9 Å². The van der Waals surface area contributed by atoms with Crippen molar-refractivity contribution in [2.24, 2.45) is 0 Å². The molecule has 1 aliphatic heterocycles. The monoisotopic (exact) mass is 370 g/mol. The van der Waals surface area contributed by atoms with Crippen LogP contribution in [0.2, 0.25) is 0 Å². The van der Waals surface area contributed by atoms with Crippen molar-refractivity contribution in [3.63, 3.8) is 0 Å². The van der Waals surface area contributed by atoms with Crippen LogP contribution in [0.15, 0.2) is 18.2 Å². The molecule has 0 spiro atoms. The van der Waals surface area contributed by atoms with Crippen molar-refractivity contribution >= 4 is 23.6 Å². The van der Waals surface area contributed by atoms with E-state index in [1.165, 1.54) is 16.6 Å². The topological polar surface area (TPSA) is 106 Å². The number of aliphatic carboxylic acids is 1. The third kappa shape index (κ3) is 2.86. The number of nitrogens with zero attached hydrogens (tertiary/aromatic N) is 3. The zero-order valence-corrected chi connectivity index (χ0v) is 14.3. The summed E-state index contributed by atoms with van der Waals surface area (Å²) in [6, 6.07) is 4.28. The number of carboxylic acid groups (broad SMARTS) is 1. The highest BCUT2D eigenvalue weighted by Crippen LogP contribution is 2.37. The van der Waals surface area contributed by atoms with Gasteiger partial charge in [-0.25, -0.2) is 13.9 Å². The summed E-state index contributed by atoms with van der Waals surface area (Å²) in [4.78, 5) is 26.8. The number of fused-ring (bicyclic) bond motifs is 2. The molecule has 0 saturated carbocycles. The summed E-state index contributed by atoms with van der Waals surface area (Å²) in [6.45, 7) is 2.64. The fraction of sp³-hybridized carbons (Fsp3) is 0.222. The van der Waals surface area contributed by atoms with E-state index in [1.807, 2.05) is 0 Å². The number of carbonyl (C=O) groups excluding carboxylic acids is 1. The van der Waals surface area contributed by atoms with E-state index in [-0.39, 0.29) is 23.4 Å². The van der Waals surface area contributed by atoms with Gasteiger partial charge in [-0.2, -0.15) is 5.10 Å². The fourth-order valence-corrected chi connectivity index (χ4v) is 3.21. The lowest BCUT2D eigenvalue weighted by Gasteiger charge is -2.21. The lowest BCUT2D eigenvalue weighted by molar-refractivity contribution is -0.136. The Morgan fingerprint density at radius 1 is 1.44 bits per heavy atom. The Bertz CT molecular complexity index is 1090. The summed E-state index contributed by atoms with van der Waals surface area (Å²) in [5.74, 6) is -1.28. The molecule has 27 heavy (non-hydrogen) atoms. The van der Waals surface area contributed by atoms with Gasteiger partial charge >= 0.3 is 5.97 Å². The van der Waals surface area contributed by atoms with Gasteiger partial charge in [-0.3, -0.25) is 9.59 Å². The fourth-order valence-electron chi connectivity index (χ4n) is 3.21.